The van der Waals surface area contributed by atoms with E-state index in [2.05, 4.69) is 11.3 Å². The zero-order valence-corrected chi connectivity index (χ0v) is 7.88. The van der Waals surface area contributed by atoms with Gasteiger partial charge >= 0.3 is 5.97 Å². The molecule has 1 aliphatic heterocycles. The van der Waals surface area contributed by atoms with Gasteiger partial charge in [0, 0.05) is 0 Å². The molecule has 0 unspecified atom stereocenters. The molecule has 1 saturated heterocycles. The van der Waals surface area contributed by atoms with E-state index in [0.717, 1.165) is 0 Å². The Bertz CT molecular complexity index is 412. The van der Waals surface area contributed by atoms with E-state index in [9.17, 15) is 15.0 Å². The zero-order valence-electron chi connectivity index (χ0n) is 7.88. The van der Waals surface area contributed by atoms with Crippen LogP contribution >= 0.6 is 0 Å². The Morgan fingerprint density at radius 2 is 1.93 bits per heavy atom. The quantitative estimate of drug-likeness (QED) is 0.649. The molecule has 1 aliphatic rings. The number of ether oxygens (including phenoxy) is 1. The lowest BCUT2D eigenvalue weighted by Crippen LogP contribution is -2.40. The fraction of sp³-hybridized carbons (Fsp3) is 0.182. The van der Waals surface area contributed by atoms with Gasteiger partial charge in [-0.25, -0.2) is 4.79 Å². The molecule has 15 heavy (non-hydrogen) atoms. The highest BCUT2D eigenvalue weighted by molar-refractivity contribution is 5.86. The Balaban J connectivity index is 2.51. The number of hydrogen-bond donors (Lipinski definition) is 2. The van der Waals surface area contributed by atoms with Gasteiger partial charge in [0.2, 0.25) is 5.60 Å². The third kappa shape index (κ3) is 1.26. The van der Waals surface area contributed by atoms with Crippen LogP contribution in [0.15, 0.2) is 42.7 Å². The molecule has 0 saturated carbocycles. The van der Waals surface area contributed by atoms with E-state index in [1.165, 1.54) is 0 Å². The maximum absolute atomic E-state index is 11.4. The van der Waals surface area contributed by atoms with Gasteiger partial charge < -0.3 is 14.9 Å². The molecule has 0 aromatic heterocycles. The van der Waals surface area contributed by atoms with Crippen LogP contribution in [0.1, 0.15) is 5.56 Å². The Labute approximate surface area is 86.4 Å². The Morgan fingerprint density at radius 3 is 2.40 bits per heavy atom. The van der Waals surface area contributed by atoms with Gasteiger partial charge in [-0.1, -0.05) is 36.9 Å². The monoisotopic (exact) mass is 206 g/mol. The highest BCUT2D eigenvalue weighted by atomic mass is 16.6. The third-order valence-electron chi connectivity index (χ3n) is 2.45. The molecule has 1 aromatic carbocycles. The molecule has 2 rings (SSSR count). The van der Waals surface area contributed by atoms with Gasteiger partial charge in [-0.3, -0.25) is 0 Å². The lowest BCUT2D eigenvalue weighted by atomic mass is 9.89. The summed E-state index contributed by atoms with van der Waals surface area (Å²) in [5.41, 5.74) is -1.74. The topological polar surface area (TPSA) is 66.8 Å². The van der Waals surface area contributed by atoms with Crippen molar-refractivity contribution < 1.29 is 19.7 Å². The summed E-state index contributed by atoms with van der Waals surface area (Å²) < 4.78 is 4.61. The highest BCUT2D eigenvalue weighted by Crippen LogP contribution is 2.36. The van der Waals surface area contributed by atoms with Gasteiger partial charge in [-0.05, 0) is 5.56 Å². The number of cyclic esters (lactones) is 1. The SMILES string of the molecule is C=C1OC(=O)[C@@](O)(c2ccccc2)[C@@H]1O. The second-order valence-electron chi connectivity index (χ2n) is 3.39. The Hall–Kier alpha value is -1.65. The minimum Gasteiger partial charge on any atom is -0.426 e. The number of esters is 1. The van der Waals surface area contributed by atoms with Crippen LogP contribution < -0.4 is 0 Å². The van der Waals surface area contributed by atoms with Crippen molar-refractivity contribution in [1.29, 1.82) is 0 Å². The van der Waals surface area contributed by atoms with E-state index in [0.29, 0.717) is 5.56 Å². The standard InChI is InChI=1S/C11H10O4/c1-7-9(12)11(14,10(13)15-7)8-5-3-2-4-6-8/h2-6,9,12,14H,1H2/t9-,11-/m1/s1. The van der Waals surface area contributed by atoms with Crippen molar-refractivity contribution in [2.75, 3.05) is 0 Å². The number of hydrogen-bond acceptors (Lipinski definition) is 4. The van der Waals surface area contributed by atoms with Crippen molar-refractivity contribution in [1.82, 2.24) is 0 Å². The zero-order chi connectivity index (χ0) is 11.1. The highest BCUT2D eigenvalue weighted by Gasteiger charge is 2.54. The molecule has 4 nitrogen and oxygen atoms in total. The van der Waals surface area contributed by atoms with Crippen LogP contribution in [0.25, 0.3) is 0 Å². The first kappa shape index (κ1) is 9.89. The molecule has 2 atom stereocenters. The van der Waals surface area contributed by atoms with Crippen LogP contribution in [-0.4, -0.2) is 22.3 Å². The first-order valence-corrected chi connectivity index (χ1v) is 4.44. The molecule has 1 aromatic rings. The summed E-state index contributed by atoms with van der Waals surface area (Å²) >= 11 is 0. The van der Waals surface area contributed by atoms with Crippen LogP contribution in [-0.2, 0) is 15.1 Å². The molecule has 0 aliphatic carbocycles. The van der Waals surface area contributed by atoms with Crippen molar-refractivity contribution in [3.63, 3.8) is 0 Å². The fourth-order valence-corrected chi connectivity index (χ4v) is 1.57. The summed E-state index contributed by atoms with van der Waals surface area (Å²) in [6.45, 7) is 3.35. The molecular weight excluding hydrogens is 196 g/mol. The first-order valence-electron chi connectivity index (χ1n) is 4.44. The summed E-state index contributed by atoms with van der Waals surface area (Å²) in [5.74, 6) is -1.03. The molecule has 0 bridgehead atoms. The lowest BCUT2D eigenvalue weighted by molar-refractivity contribution is -0.156. The van der Waals surface area contributed by atoms with E-state index in [1.807, 2.05) is 0 Å². The first-order chi connectivity index (χ1) is 7.06. The normalized spacial score (nSPS) is 30.4. The van der Waals surface area contributed by atoms with Gasteiger partial charge in [0.1, 0.15) is 5.76 Å². The molecule has 2 N–H and O–H groups in total. The number of rotatable bonds is 1. The van der Waals surface area contributed by atoms with Crippen LogP contribution in [0.5, 0.6) is 0 Å². The van der Waals surface area contributed by atoms with E-state index < -0.39 is 17.7 Å². The van der Waals surface area contributed by atoms with E-state index in [-0.39, 0.29) is 5.76 Å². The predicted molar refractivity (Wildman–Crippen MR) is 51.6 cm³/mol. The fourth-order valence-electron chi connectivity index (χ4n) is 1.57. The van der Waals surface area contributed by atoms with Crippen LogP contribution in [0.4, 0.5) is 0 Å². The lowest BCUT2D eigenvalue weighted by Gasteiger charge is -2.21. The van der Waals surface area contributed by atoms with Gasteiger partial charge in [0.15, 0.2) is 6.10 Å². The minimum atomic E-state index is -2.03. The van der Waals surface area contributed by atoms with Crippen molar-refractivity contribution in [2.45, 2.75) is 11.7 Å². The number of carbonyl (C=O) groups excluding carboxylic acids is 1. The number of benzene rings is 1. The average molecular weight is 206 g/mol. The average Bonchev–Trinajstić information content (AvgIpc) is 2.45. The second kappa shape index (κ2) is 3.18. The Kier molecular flexibility index (Phi) is 2.10. The molecule has 4 heteroatoms. The Morgan fingerprint density at radius 1 is 1.33 bits per heavy atom. The molecule has 1 fully saturated rings. The summed E-state index contributed by atoms with van der Waals surface area (Å²) in [7, 11) is 0. The van der Waals surface area contributed by atoms with Crippen LogP contribution in [0, 0.1) is 0 Å². The van der Waals surface area contributed by atoms with Crippen molar-refractivity contribution in [3.8, 4) is 0 Å². The van der Waals surface area contributed by atoms with Crippen molar-refractivity contribution >= 4 is 5.97 Å². The molecule has 0 amide bonds. The van der Waals surface area contributed by atoms with Crippen LogP contribution in [0.2, 0.25) is 0 Å². The third-order valence-corrected chi connectivity index (χ3v) is 2.45. The van der Waals surface area contributed by atoms with Gasteiger partial charge in [-0.2, -0.15) is 0 Å². The molecule has 0 radical (unpaired) electrons. The van der Waals surface area contributed by atoms with Gasteiger partial charge in [-0.15, -0.1) is 0 Å². The molecule has 78 valence electrons. The maximum Gasteiger partial charge on any atom is 0.351 e. The van der Waals surface area contributed by atoms with Gasteiger partial charge in [0.05, 0.1) is 0 Å². The van der Waals surface area contributed by atoms with E-state index in [4.69, 9.17) is 0 Å². The smallest absolute Gasteiger partial charge is 0.351 e. The van der Waals surface area contributed by atoms with Crippen molar-refractivity contribution in [3.05, 3.63) is 48.2 Å². The van der Waals surface area contributed by atoms with E-state index in [1.54, 1.807) is 30.3 Å². The molecular formula is C11H10O4. The van der Waals surface area contributed by atoms with Crippen molar-refractivity contribution in [2.24, 2.45) is 0 Å². The summed E-state index contributed by atoms with van der Waals surface area (Å²) in [5, 5.41) is 19.7. The number of carbonyl (C=O) groups is 1. The molecule has 1 heterocycles. The minimum absolute atomic E-state index is 0.133. The predicted octanol–water partition coefficient (Wildman–Crippen LogP) is 0.306. The molecule has 0 spiro atoms. The summed E-state index contributed by atoms with van der Waals surface area (Å²) in [4.78, 5) is 11.4. The largest absolute Gasteiger partial charge is 0.426 e. The van der Waals surface area contributed by atoms with Crippen LogP contribution in [0.3, 0.4) is 0 Å². The summed E-state index contributed by atoms with van der Waals surface area (Å²) in [6, 6.07) is 8.16. The second-order valence-corrected chi connectivity index (χ2v) is 3.39. The summed E-state index contributed by atoms with van der Waals surface area (Å²) in [6.07, 6.45) is -1.42. The maximum atomic E-state index is 11.4. The number of aliphatic hydroxyl groups is 2. The number of aliphatic hydroxyl groups excluding tert-OH is 1. The van der Waals surface area contributed by atoms with E-state index >= 15 is 0 Å². The van der Waals surface area contributed by atoms with Gasteiger partial charge in [0.25, 0.3) is 0 Å².